The van der Waals surface area contributed by atoms with Gasteiger partial charge in [0.1, 0.15) is 5.01 Å². The summed E-state index contributed by atoms with van der Waals surface area (Å²) in [5, 5.41) is 7.14. The highest BCUT2D eigenvalue weighted by Gasteiger charge is 2.19. The van der Waals surface area contributed by atoms with E-state index in [1.807, 2.05) is 6.92 Å². The number of hydrogen-bond donors (Lipinski definition) is 1. The van der Waals surface area contributed by atoms with E-state index >= 15 is 0 Å². The van der Waals surface area contributed by atoms with Gasteiger partial charge in [0, 0.05) is 0 Å². The van der Waals surface area contributed by atoms with Crippen LogP contribution in [0.15, 0.2) is 18.3 Å². The number of hydrogen-bond acceptors (Lipinski definition) is 4. The second-order valence-corrected chi connectivity index (χ2v) is 5.55. The van der Waals surface area contributed by atoms with Crippen LogP contribution in [0.3, 0.4) is 0 Å². The van der Waals surface area contributed by atoms with Crippen molar-refractivity contribution in [2.24, 2.45) is 0 Å². The van der Waals surface area contributed by atoms with E-state index in [4.69, 9.17) is 0 Å². The molecule has 3 rings (SSSR count). The van der Waals surface area contributed by atoms with Gasteiger partial charge in [-0.1, -0.05) is 11.3 Å². The third kappa shape index (κ3) is 2.54. The standard InChI is InChI=1S/C13H9F3N4OS/c1-6-5-20-13(18-6)22-9(19-20)4-17-12(21)7-2-3-8(14)11(16)10(7)15/h2-3,5H,4H2,1H3,(H,17,21). The summed E-state index contributed by atoms with van der Waals surface area (Å²) in [6, 6.07) is 1.59. The zero-order valence-corrected chi connectivity index (χ0v) is 12.0. The maximum absolute atomic E-state index is 13.5. The van der Waals surface area contributed by atoms with Gasteiger partial charge in [-0.25, -0.2) is 22.7 Å². The Hall–Kier alpha value is -2.42. The number of halogens is 3. The summed E-state index contributed by atoms with van der Waals surface area (Å²) in [5.74, 6) is -5.37. The summed E-state index contributed by atoms with van der Waals surface area (Å²) in [7, 11) is 0. The monoisotopic (exact) mass is 326 g/mol. The Morgan fingerprint density at radius 2 is 2.09 bits per heavy atom. The molecule has 0 fully saturated rings. The Kier molecular flexibility index (Phi) is 3.57. The van der Waals surface area contributed by atoms with Crippen molar-refractivity contribution in [2.75, 3.05) is 0 Å². The lowest BCUT2D eigenvalue weighted by Gasteiger charge is -2.05. The fourth-order valence-electron chi connectivity index (χ4n) is 1.87. The molecule has 114 valence electrons. The minimum absolute atomic E-state index is 0.0321. The van der Waals surface area contributed by atoms with Crippen molar-refractivity contribution in [2.45, 2.75) is 13.5 Å². The molecule has 5 nitrogen and oxygen atoms in total. The first kappa shape index (κ1) is 14.5. The lowest BCUT2D eigenvalue weighted by atomic mass is 10.2. The predicted molar refractivity (Wildman–Crippen MR) is 73.1 cm³/mol. The topological polar surface area (TPSA) is 59.3 Å². The third-order valence-electron chi connectivity index (χ3n) is 2.89. The number of carbonyl (C=O) groups is 1. The molecule has 0 atom stereocenters. The first-order chi connectivity index (χ1) is 10.5. The molecule has 1 aromatic carbocycles. The molecule has 2 heterocycles. The average Bonchev–Trinajstić information content (AvgIpc) is 2.99. The van der Waals surface area contributed by atoms with Crippen molar-refractivity contribution in [3.63, 3.8) is 0 Å². The zero-order chi connectivity index (χ0) is 15.9. The molecule has 22 heavy (non-hydrogen) atoms. The minimum atomic E-state index is -1.67. The summed E-state index contributed by atoms with van der Waals surface area (Å²) < 4.78 is 41.0. The Bertz CT molecular complexity index is 842. The first-order valence-corrected chi connectivity index (χ1v) is 7.00. The fourth-order valence-corrected chi connectivity index (χ4v) is 2.73. The normalized spacial score (nSPS) is 11.1. The number of aromatic nitrogens is 3. The Labute approximate surface area is 126 Å². The van der Waals surface area contributed by atoms with E-state index in [0.717, 1.165) is 11.8 Å². The van der Waals surface area contributed by atoms with Crippen LogP contribution in [0.25, 0.3) is 4.96 Å². The van der Waals surface area contributed by atoms with Crippen molar-refractivity contribution < 1.29 is 18.0 Å². The first-order valence-electron chi connectivity index (χ1n) is 6.19. The van der Waals surface area contributed by atoms with Crippen molar-refractivity contribution in [1.82, 2.24) is 19.9 Å². The molecular formula is C13H9F3N4OS. The summed E-state index contributed by atoms with van der Waals surface area (Å²) >= 11 is 1.26. The van der Waals surface area contributed by atoms with Crippen LogP contribution in [0.1, 0.15) is 21.1 Å². The van der Waals surface area contributed by atoms with Gasteiger partial charge in [-0.15, -0.1) is 0 Å². The van der Waals surface area contributed by atoms with Crippen molar-refractivity contribution in [3.05, 3.63) is 52.0 Å². The van der Waals surface area contributed by atoms with Crippen LogP contribution in [0.2, 0.25) is 0 Å². The number of aryl methyl sites for hydroxylation is 1. The van der Waals surface area contributed by atoms with Gasteiger partial charge in [-0.05, 0) is 19.1 Å². The molecule has 0 aliphatic heterocycles. The maximum atomic E-state index is 13.5. The van der Waals surface area contributed by atoms with Crippen LogP contribution in [-0.4, -0.2) is 20.5 Å². The van der Waals surface area contributed by atoms with E-state index in [-0.39, 0.29) is 6.54 Å². The number of carbonyl (C=O) groups excluding carboxylic acids is 1. The van der Waals surface area contributed by atoms with Crippen molar-refractivity contribution >= 4 is 22.2 Å². The van der Waals surface area contributed by atoms with E-state index < -0.39 is 28.9 Å². The zero-order valence-electron chi connectivity index (χ0n) is 11.2. The highest BCUT2D eigenvalue weighted by molar-refractivity contribution is 7.16. The van der Waals surface area contributed by atoms with Gasteiger partial charge in [0.05, 0.1) is 24.0 Å². The lowest BCUT2D eigenvalue weighted by Crippen LogP contribution is -2.24. The summed E-state index contributed by atoms with van der Waals surface area (Å²) in [6.45, 7) is 1.86. The van der Waals surface area contributed by atoms with Crippen LogP contribution < -0.4 is 5.32 Å². The summed E-state index contributed by atoms with van der Waals surface area (Å²) in [6.07, 6.45) is 1.73. The number of nitrogens with one attached hydrogen (secondary N) is 1. The molecule has 1 N–H and O–H groups in total. The second kappa shape index (κ2) is 5.41. The maximum Gasteiger partial charge on any atom is 0.254 e. The second-order valence-electron chi connectivity index (χ2n) is 4.51. The van der Waals surface area contributed by atoms with Crippen LogP contribution in [0, 0.1) is 24.4 Å². The van der Waals surface area contributed by atoms with E-state index in [9.17, 15) is 18.0 Å². The van der Waals surface area contributed by atoms with Gasteiger partial charge in [0.25, 0.3) is 5.91 Å². The van der Waals surface area contributed by atoms with Crippen LogP contribution in [0.4, 0.5) is 13.2 Å². The van der Waals surface area contributed by atoms with Gasteiger partial charge >= 0.3 is 0 Å². The minimum Gasteiger partial charge on any atom is -0.345 e. The molecule has 0 saturated heterocycles. The SMILES string of the molecule is Cc1cn2nc(CNC(=O)c3ccc(F)c(F)c3F)sc2n1. The number of amides is 1. The highest BCUT2D eigenvalue weighted by Crippen LogP contribution is 2.16. The number of rotatable bonds is 3. The number of imidazole rings is 1. The number of benzene rings is 1. The van der Waals surface area contributed by atoms with E-state index in [1.54, 1.807) is 10.7 Å². The Morgan fingerprint density at radius 1 is 1.32 bits per heavy atom. The fraction of sp³-hybridized carbons (Fsp3) is 0.154. The molecular weight excluding hydrogens is 317 g/mol. The molecule has 0 radical (unpaired) electrons. The molecule has 0 aliphatic carbocycles. The van der Waals surface area contributed by atoms with Crippen molar-refractivity contribution in [1.29, 1.82) is 0 Å². The smallest absolute Gasteiger partial charge is 0.254 e. The van der Waals surface area contributed by atoms with E-state index in [2.05, 4.69) is 15.4 Å². The number of fused-ring (bicyclic) bond motifs is 1. The van der Waals surface area contributed by atoms with Crippen molar-refractivity contribution in [3.8, 4) is 0 Å². The molecule has 2 aromatic heterocycles. The van der Waals surface area contributed by atoms with E-state index in [1.165, 1.54) is 11.3 Å². The van der Waals surface area contributed by atoms with Gasteiger partial charge in [-0.3, -0.25) is 4.79 Å². The average molecular weight is 326 g/mol. The number of nitrogens with zero attached hydrogens (tertiary/aromatic N) is 3. The predicted octanol–water partition coefficient (Wildman–Crippen LogP) is 2.45. The Balaban J connectivity index is 1.74. The molecule has 0 aliphatic rings. The molecule has 9 heteroatoms. The third-order valence-corrected chi connectivity index (χ3v) is 3.81. The molecule has 0 bridgehead atoms. The summed E-state index contributed by atoms with van der Waals surface area (Å²) in [4.78, 5) is 16.7. The quantitative estimate of drug-likeness (QED) is 0.752. The lowest BCUT2D eigenvalue weighted by molar-refractivity contribution is 0.0945. The highest BCUT2D eigenvalue weighted by atomic mass is 32.1. The molecule has 0 saturated carbocycles. The summed E-state index contributed by atoms with van der Waals surface area (Å²) in [5.41, 5.74) is 0.259. The van der Waals surface area contributed by atoms with Gasteiger partial charge in [0.15, 0.2) is 17.5 Å². The van der Waals surface area contributed by atoms with Gasteiger partial charge < -0.3 is 5.32 Å². The molecule has 0 spiro atoms. The van der Waals surface area contributed by atoms with Gasteiger partial charge in [0.2, 0.25) is 4.96 Å². The Morgan fingerprint density at radius 3 is 2.82 bits per heavy atom. The van der Waals surface area contributed by atoms with Crippen LogP contribution >= 0.6 is 11.3 Å². The van der Waals surface area contributed by atoms with Gasteiger partial charge in [-0.2, -0.15) is 5.10 Å². The molecule has 0 unspecified atom stereocenters. The van der Waals surface area contributed by atoms with Crippen LogP contribution in [-0.2, 0) is 6.54 Å². The van der Waals surface area contributed by atoms with Crippen LogP contribution in [0.5, 0.6) is 0 Å². The molecule has 3 aromatic rings. The largest absolute Gasteiger partial charge is 0.345 e. The molecule has 1 amide bonds. The van der Waals surface area contributed by atoms with E-state index in [0.29, 0.717) is 16.0 Å².